The Bertz CT molecular complexity index is 431. The van der Waals surface area contributed by atoms with Gasteiger partial charge in [-0.25, -0.2) is 0 Å². The van der Waals surface area contributed by atoms with Gasteiger partial charge in [-0.3, -0.25) is 0 Å². The first-order valence-corrected chi connectivity index (χ1v) is 6.30. The van der Waals surface area contributed by atoms with E-state index in [2.05, 4.69) is 9.63 Å². The van der Waals surface area contributed by atoms with Gasteiger partial charge in [0.15, 0.2) is 0 Å². The molecule has 0 radical (unpaired) electrons. The zero-order chi connectivity index (χ0) is 11.3. The van der Waals surface area contributed by atoms with Crippen molar-refractivity contribution in [1.29, 1.82) is 0 Å². The maximum Gasteiger partial charge on any atom is 0.299 e. The normalized spacial score (nSPS) is 12.5. The van der Waals surface area contributed by atoms with Crippen LogP contribution in [0.15, 0.2) is 44.9 Å². The molecular weight excluding hydrogens is 259 g/mol. The highest BCUT2D eigenvalue weighted by Crippen LogP contribution is 2.12. The molecule has 7 heteroatoms. The minimum Gasteiger partial charge on any atom is -0.198 e. The Balaban J connectivity index is 2.82. The topological polar surface area (TPSA) is 58.9 Å². The third kappa shape index (κ3) is 4.15. The molecule has 0 saturated carbocycles. The average molecular weight is 267 g/mol. The van der Waals surface area contributed by atoms with E-state index >= 15 is 0 Å². The molecule has 0 aliphatic rings. The van der Waals surface area contributed by atoms with Crippen LogP contribution in [0.2, 0.25) is 0 Å². The van der Waals surface area contributed by atoms with Gasteiger partial charge < -0.3 is 0 Å². The second kappa shape index (κ2) is 5.44. The Hall–Kier alpha value is -0.650. The molecule has 0 saturated heterocycles. The molecule has 1 aromatic rings. The Morgan fingerprint density at radius 1 is 1.20 bits per heavy atom. The highest BCUT2D eigenvalue weighted by Gasteiger charge is 2.11. The molecular formula is C8H8Cl2N2O2S. The van der Waals surface area contributed by atoms with Crippen LogP contribution in [0.5, 0.6) is 0 Å². The van der Waals surface area contributed by atoms with E-state index in [-0.39, 0.29) is 11.4 Å². The van der Waals surface area contributed by atoms with E-state index in [0.29, 0.717) is 0 Å². The number of alkyl halides is 2. The molecule has 0 unspecified atom stereocenters. The van der Waals surface area contributed by atoms with Gasteiger partial charge in [-0.15, -0.1) is 23.2 Å². The number of halogens is 2. The summed E-state index contributed by atoms with van der Waals surface area (Å²) in [4.78, 5) is -0.658. The minimum absolute atomic E-state index is 0.0465. The standard InChI is InChI=1S/C8H8Cl2N2O2S/c9-8(10)6-11-12-15(13,14)7-4-2-1-3-5-7/h1-5,8H,6H2. The molecule has 0 heterocycles. The molecule has 1 aromatic carbocycles. The number of rotatable bonds is 4. The predicted molar refractivity (Wildman–Crippen MR) is 58.8 cm³/mol. The second-order valence-electron chi connectivity index (χ2n) is 2.58. The van der Waals surface area contributed by atoms with E-state index in [4.69, 9.17) is 23.2 Å². The van der Waals surface area contributed by atoms with Crippen molar-refractivity contribution in [2.75, 3.05) is 6.54 Å². The number of hydrogen-bond acceptors (Lipinski definition) is 3. The summed E-state index contributed by atoms with van der Waals surface area (Å²) in [5.41, 5.74) is 0. The van der Waals surface area contributed by atoms with Gasteiger partial charge in [-0.05, 0) is 12.1 Å². The van der Waals surface area contributed by atoms with Gasteiger partial charge in [0.25, 0.3) is 10.0 Å². The predicted octanol–water partition coefficient (Wildman–Crippen LogP) is 2.63. The molecule has 0 spiro atoms. The number of nitrogens with zero attached hydrogens (tertiary/aromatic N) is 2. The molecule has 15 heavy (non-hydrogen) atoms. The van der Waals surface area contributed by atoms with Crippen LogP contribution in [0.25, 0.3) is 0 Å². The van der Waals surface area contributed by atoms with Crippen LogP contribution < -0.4 is 0 Å². The fourth-order valence-corrected chi connectivity index (χ4v) is 1.75. The van der Waals surface area contributed by atoms with Gasteiger partial charge in [-0.1, -0.05) is 22.7 Å². The second-order valence-corrected chi connectivity index (χ2v) is 5.45. The Morgan fingerprint density at radius 3 is 2.33 bits per heavy atom. The van der Waals surface area contributed by atoms with E-state index in [9.17, 15) is 8.42 Å². The Kier molecular flexibility index (Phi) is 4.50. The highest BCUT2D eigenvalue weighted by molar-refractivity contribution is 7.90. The van der Waals surface area contributed by atoms with Crippen molar-refractivity contribution in [3.63, 3.8) is 0 Å². The van der Waals surface area contributed by atoms with Gasteiger partial charge >= 0.3 is 0 Å². The smallest absolute Gasteiger partial charge is 0.198 e. The molecule has 0 atom stereocenters. The van der Waals surface area contributed by atoms with Crippen molar-refractivity contribution < 1.29 is 8.42 Å². The lowest BCUT2D eigenvalue weighted by molar-refractivity contribution is 0.594. The molecule has 0 aliphatic heterocycles. The van der Waals surface area contributed by atoms with Crippen LogP contribution in [0.4, 0.5) is 0 Å². The quantitative estimate of drug-likeness (QED) is 0.622. The lowest BCUT2D eigenvalue weighted by atomic mass is 10.4. The lowest BCUT2D eigenvalue weighted by Crippen LogP contribution is -1.97. The van der Waals surface area contributed by atoms with Crippen LogP contribution in [-0.4, -0.2) is 19.8 Å². The first-order valence-electron chi connectivity index (χ1n) is 3.99. The summed E-state index contributed by atoms with van der Waals surface area (Å²) in [5, 5.41) is 3.39. The van der Waals surface area contributed by atoms with Gasteiger partial charge in [-0.2, -0.15) is 13.5 Å². The third-order valence-corrected chi connectivity index (χ3v) is 2.90. The number of hydrogen-bond donors (Lipinski definition) is 0. The summed E-state index contributed by atoms with van der Waals surface area (Å²) >= 11 is 10.7. The molecule has 0 N–H and O–H groups in total. The fourth-order valence-electron chi connectivity index (χ4n) is 0.811. The first kappa shape index (κ1) is 12.4. The summed E-state index contributed by atoms with van der Waals surface area (Å²) in [6.45, 7) is -0.0465. The van der Waals surface area contributed by atoms with Gasteiger partial charge in [0, 0.05) is 0 Å². The van der Waals surface area contributed by atoms with Crippen molar-refractivity contribution in [3.8, 4) is 0 Å². The maximum atomic E-state index is 11.5. The summed E-state index contributed by atoms with van der Waals surface area (Å²) in [5.74, 6) is 0. The van der Waals surface area contributed by atoms with E-state index in [1.54, 1.807) is 18.2 Å². The monoisotopic (exact) mass is 266 g/mol. The third-order valence-electron chi connectivity index (χ3n) is 1.43. The number of sulfonamides is 1. The average Bonchev–Trinajstić information content (AvgIpc) is 2.18. The molecule has 0 bridgehead atoms. The molecule has 82 valence electrons. The summed E-state index contributed by atoms with van der Waals surface area (Å²) in [6, 6.07) is 7.80. The van der Waals surface area contributed by atoms with E-state index < -0.39 is 14.9 Å². The molecule has 0 amide bonds. The maximum absolute atomic E-state index is 11.5. The van der Waals surface area contributed by atoms with Crippen molar-refractivity contribution in [1.82, 2.24) is 0 Å². The lowest BCUT2D eigenvalue weighted by Gasteiger charge is -1.96. The van der Waals surface area contributed by atoms with Crippen LogP contribution >= 0.6 is 23.2 Å². The molecule has 4 nitrogen and oxygen atoms in total. The van der Waals surface area contributed by atoms with Gasteiger partial charge in [0.1, 0.15) is 4.84 Å². The summed E-state index contributed by atoms with van der Waals surface area (Å²) < 4.78 is 26.1. The molecule has 1 rings (SSSR count). The Labute approximate surface area is 98.0 Å². The zero-order valence-electron chi connectivity index (χ0n) is 7.55. The Morgan fingerprint density at radius 2 is 1.80 bits per heavy atom. The molecule has 0 aromatic heterocycles. The minimum atomic E-state index is -3.71. The largest absolute Gasteiger partial charge is 0.299 e. The molecule has 0 fully saturated rings. The first-order chi connectivity index (χ1) is 7.02. The van der Waals surface area contributed by atoms with Gasteiger partial charge in [0.2, 0.25) is 0 Å². The number of benzene rings is 1. The van der Waals surface area contributed by atoms with E-state index in [0.717, 1.165) is 0 Å². The van der Waals surface area contributed by atoms with Crippen LogP contribution in [0.1, 0.15) is 0 Å². The fraction of sp³-hybridized carbons (Fsp3) is 0.250. The van der Waals surface area contributed by atoms with Crippen LogP contribution in [-0.2, 0) is 10.0 Å². The van der Waals surface area contributed by atoms with E-state index in [1.807, 2.05) is 0 Å². The SMILES string of the molecule is O=S(=O)(N=NCC(Cl)Cl)c1ccccc1. The van der Waals surface area contributed by atoms with Crippen molar-refractivity contribution >= 4 is 33.2 Å². The van der Waals surface area contributed by atoms with Crippen molar-refractivity contribution in [2.45, 2.75) is 9.73 Å². The van der Waals surface area contributed by atoms with Crippen LogP contribution in [0.3, 0.4) is 0 Å². The molecule has 0 aliphatic carbocycles. The summed E-state index contributed by atoms with van der Waals surface area (Å²) in [6.07, 6.45) is 0. The van der Waals surface area contributed by atoms with Crippen molar-refractivity contribution in [3.05, 3.63) is 30.3 Å². The highest BCUT2D eigenvalue weighted by atomic mass is 35.5. The van der Waals surface area contributed by atoms with Crippen LogP contribution in [0, 0.1) is 0 Å². The zero-order valence-corrected chi connectivity index (χ0v) is 9.87. The van der Waals surface area contributed by atoms with E-state index in [1.165, 1.54) is 12.1 Å². The summed E-state index contributed by atoms with van der Waals surface area (Å²) in [7, 11) is -3.71. The van der Waals surface area contributed by atoms with Gasteiger partial charge in [0.05, 0.1) is 11.4 Å². The van der Waals surface area contributed by atoms with Crippen molar-refractivity contribution in [2.24, 2.45) is 9.63 Å².